The second-order valence-corrected chi connectivity index (χ2v) is 10.4. The number of H-pyrrole nitrogens is 1. The van der Waals surface area contributed by atoms with Crippen LogP contribution in [-0.2, 0) is 6.42 Å². The molecule has 1 heterocycles. The normalized spacial score (nSPS) is 12.4. The Morgan fingerprint density at radius 2 is 1.57 bits per heavy atom. The maximum atomic E-state index is 14.5. The predicted molar refractivity (Wildman–Crippen MR) is 175 cm³/mol. The third kappa shape index (κ3) is 12.7. The lowest BCUT2D eigenvalue weighted by Crippen LogP contribution is -2.06. The summed E-state index contributed by atoms with van der Waals surface area (Å²) < 4.78 is 75.4. The zero-order valence-electron chi connectivity index (χ0n) is 28.0. The van der Waals surface area contributed by atoms with E-state index in [9.17, 15) is 26.3 Å². The molecule has 8 heteroatoms. The standard InChI is InChI=1S/C21H22F3N.C9H17N.C4H5F3.C2H6/c1-4-5-6-16-17-11-14(22)8-10-18(17)25-21(16)13(3)15-9-7-12(2)19(23)20(15)24;1-5-7-9(4)10-8(3)6-2;1-3(2)4(5,6)7;1-2/h7-11,13,25H,4-6H2,1-3H3;6H,5,7H2,1-4H3;1H2,2H3;1-2H3/b;8-6-,10-9?;;. The molecule has 2 nitrogen and oxygen atoms in total. The van der Waals surface area contributed by atoms with E-state index in [0.29, 0.717) is 11.1 Å². The molecule has 0 aliphatic heterocycles. The highest BCUT2D eigenvalue weighted by atomic mass is 19.4. The van der Waals surface area contributed by atoms with E-state index in [1.165, 1.54) is 24.3 Å². The van der Waals surface area contributed by atoms with Crippen LogP contribution in [0.3, 0.4) is 0 Å². The summed E-state index contributed by atoms with van der Waals surface area (Å²) in [4.78, 5) is 7.67. The topological polar surface area (TPSA) is 28.1 Å². The highest BCUT2D eigenvalue weighted by Gasteiger charge is 2.27. The van der Waals surface area contributed by atoms with Crippen LogP contribution in [-0.4, -0.2) is 16.9 Å². The summed E-state index contributed by atoms with van der Waals surface area (Å²) in [5.74, 6) is -2.26. The number of aryl methyl sites for hydroxylation is 2. The second kappa shape index (κ2) is 19.9. The number of unbranched alkanes of at least 4 members (excludes halogenated alkanes) is 1. The number of hydrogen-bond donors (Lipinski definition) is 1. The van der Waals surface area contributed by atoms with Gasteiger partial charge in [0.1, 0.15) is 5.82 Å². The minimum atomic E-state index is -4.19. The van der Waals surface area contributed by atoms with Crippen LogP contribution in [0.4, 0.5) is 26.3 Å². The Hall–Kier alpha value is -3.29. The monoisotopic (exact) mass is 624 g/mol. The number of fused-ring (bicyclic) bond motifs is 1. The molecular weight excluding hydrogens is 574 g/mol. The molecule has 0 fully saturated rings. The number of hydrogen-bond acceptors (Lipinski definition) is 1. The Morgan fingerprint density at radius 1 is 0.977 bits per heavy atom. The number of nitrogens with one attached hydrogen (secondary N) is 1. The minimum Gasteiger partial charge on any atom is -0.358 e. The van der Waals surface area contributed by atoms with Crippen LogP contribution in [0.5, 0.6) is 0 Å². The van der Waals surface area contributed by atoms with Gasteiger partial charge in [-0.15, -0.1) is 0 Å². The van der Waals surface area contributed by atoms with Gasteiger partial charge in [-0.1, -0.05) is 72.2 Å². The fourth-order valence-corrected chi connectivity index (χ4v) is 4.17. The summed E-state index contributed by atoms with van der Waals surface area (Å²) in [5, 5.41) is 0.822. The lowest BCUT2D eigenvalue weighted by Gasteiger charge is -2.15. The zero-order chi connectivity index (χ0) is 34.2. The smallest absolute Gasteiger partial charge is 0.358 e. The Morgan fingerprint density at radius 3 is 2.07 bits per heavy atom. The predicted octanol–water partition coefficient (Wildman–Crippen LogP) is 12.7. The number of alkyl halides is 3. The molecule has 0 saturated heterocycles. The molecule has 1 atom stereocenters. The number of allylic oxidation sites excluding steroid dienone is 3. The van der Waals surface area contributed by atoms with Crippen molar-refractivity contribution in [1.29, 1.82) is 0 Å². The number of aromatic amines is 1. The van der Waals surface area contributed by atoms with Crippen molar-refractivity contribution >= 4 is 16.6 Å². The highest BCUT2D eigenvalue weighted by molar-refractivity contribution is 5.85. The third-order valence-electron chi connectivity index (χ3n) is 6.77. The summed E-state index contributed by atoms with van der Waals surface area (Å²) in [6, 6.07) is 7.84. The van der Waals surface area contributed by atoms with E-state index >= 15 is 0 Å². The first kappa shape index (κ1) is 40.7. The first-order chi connectivity index (χ1) is 20.6. The number of nitrogens with zero attached hydrogens (tertiary/aromatic N) is 1. The molecule has 0 aliphatic carbocycles. The number of rotatable bonds is 8. The Bertz CT molecular complexity index is 1380. The van der Waals surface area contributed by atoms with E-state index in [1.54, 1.807) is 25.1 Å². The van der Waals surface area contributed by atoms with Gasteiger partial charge in [-0.05, 0) is 88.8 Å². The van der Waals surface area contributed by atoms with Gasteiger partial charge in [-0.25, -0.2) is 13.2 Å². The molecule has 3 aromatic rings. The molecule has 0 amide bonds. The third-order valence-corrected chi connectivity index (χ3v) is 6.77. The molecule has 1 N–H and O–H groups in total. The average molecular weight is 625 g/mol. The summed E-state index contributed by atoms with van der Waals surface area (Å²) in [6.07, 6.45) is 2.86. The van der Waals surface area contributed by atoms with Gasteiger partial charge in [0.05, 0.1) is 0 Å². The van der Waals surface area contributed by atoms with Gasteiger partial charge in [0.15, 0.2) is 11.6 Å². The molecular formula is C36H50F6N2. The molecule has 246 valence electrons. The number of aromatic nitrogens is 1. The van der Waals surface area contributed by atoms with Crippen molar-refractivity contribution in [2.45, 2.75) is 113 Å². The largest absolute Gasteiger partial charge is 0.411 e. The van der Waals surface area contributed by atoms with Crippen molar-refractivity contribution in [3.8, 4) is 0 Å². The molecule has 0 saturated carbocycles. The van der Waals surface area contributed by atoms with Crippen LogP contribution in [0.15, 0.2) is 59.2 Å². The van der Waals surface area contributed by atoms with Gasteiger partial charge in [0, 0.05) is 39.5 Å². The van der Waals surface area contributed by atoms with Crippen molar-refractivity contribution in [3.63, 3.8) is 0 Å². The molecule has 1 aromatic heterocycles. The lowest BCUT2D eigenvalue weighted by molar-refractivity contribution is -0.0909. The Kier molecular flexibility index (Phi) is 18.4. The molecule has 44 heavy (non-hydrogen) atoms. The number of aliphatic imine (C=N–C) groups is 1. The quantitative estimate of drug-likeness (QED) is 0.147. The molecule has 0 bridgehead atoms. The number of benzene rings is 2. The molecule has 1 unspecified atom stereocenters. The summed E-state index contributed by atoms with van der Waals surface area (Å²) in [5.41, 5.74) is 4.84. The fourth-order valence-electron chi connectivity index (χ4n) is 4.17. The van der Waals surface area contributed by atoms with Crippen LogP contribution < -0.4 is 0 Å². The van der Waals surface area contributed by atoms with Crippen molar-refractivity contribution in [1.82, 2.24) is 4.98 Å². The van der Waals surface area contributed by atoms with Gasteiger partial charge < -0.3 is 4.98 Å². The Balaban J connectivity index is 0.000000805. The maximum absolute atomic E-state index is 14.5. The van der Waals surface area contributed by atoms with Crippen molar-refractivity contribution in [2.75, 3.05) is 0 Å². The van der Waals surface area contributed by atoms with E-state index in [-0.39, 0.29) is 11.7 Å². The van der Waals surface area contributed by atoms with Gasteiger partial charge >= 0.3 is 6.18 Å². The van der Waals surface area contributed by atoms with Crippen LogP contribution in [0.2, 0.25) is 0 Å². The SMILES string of the molecule is C/C=C(/C)N=C(C)CCC.C=C(C)C(F)(F)F.CC.CCCCc1c(C(C)c2ccc(C)c(F)c2F)[nH]c2ccc(F)cc12. The van der Waals surface area contributed by atoms with Crippen molar-refractivity contribution in [2.24, 2.45) is 4.99 Å². The van der Waals surface area contributed by atoms with Gasteiger partial charge in [0.25, 0.3) is 0 Å². The summed E-state index contributed by atoms with van der Waals surface area (Å²) >= 11 is 0. The lowest BCUT2D eigenvalue weighted by atomic mass is 9.91. The summed E-state index contributed by atoms with van der Waals surface area (Å²) in [7, 11) is 0. The molecule has 0 radical (unpaired) electrons. The molecule has 3 rings (SSSR count). The second-order valence-electron chi connectivity index (χ2n) is 10.4. The van der Waals surface area contributed by atoms with Crippen molar-refractivity contribution in [3.05, 3.63) is 94.1 Å². The highest BCUT2D eigenvalue weighted by Crippen LogP contribution is 2.35. The first-order valence-electron chi connectivity index (χ1n) is 15.2. The average Bonchev–Trinajstić information content (AvgIpc) is 3.33. The van der Waals surface area contributed by atoms with E-state index in [1.807, 2.05) is 40.7 Å². The summed E-state index contributed by atoms with van der Waals surface area (Å²) in [6.45, 7) is 21.4. The van der Waals surface area contributed by atoms with E-state index in [2.05, 4.69) is 37.3 Å². The Labute approximate surface area is 260 Å². The van der Waals surface area contributed by atoms with E-state index < -0.39 is 23.4 Å². The minimum absolute atomic E-state index is 0.290. The fraction of sp³-hybridized carbons (Fsp3) is 0.472. The van der Waals surface area contributed by atoms with Crippen LogP contribution in [0.1, 0.15) is 116 Å². The molecule has 0 aliphatic rings. The van der Waals surface area contributed by atoms with Crippen molar-refractivity contribution < 1.29 is 26.3 Å². The zero-order valence-corrected chi connectivity index (χ0v) is 28.0. The maximum Gasteiger partial charge on any atom is 0.411 e. The molecule has 2 aromatic carbocycles. The van der Waals surface area contributed by atoms with E-state index in [4.69, 9.17) is 0 Å². The molecule has 0 spiro atoms. The van der Waals surface area contributed by atoms with Gasteiger partial charge in [-0.2, -0.15) is 13.2 Å². The van der Waals surface area contributed by atoms with Gasteiger partial charge in [-0.3, -0.25) is 4.99 Å². The van der Waals surface area contributed by atoms with Crippen LogP contribution >= 0.6 is 0 Å². The number of halogens is 6. The van der Waals surface area contributed by atoms with Gasteiger partial charge in [0.2, 0.25) is 0 Å². The van der Waals surface area contributed by atoms with Crippen LogP contribution in [0, 0.1) is 24.4 Å². The van der Waals surface area contributed by atoms with Crippen LogP contribution in [0.25, 0.3) is 10.9 Å². The van der Waals surface area contributed by atoms with E-state index in [0.717, 1.165) is 60.5 Å². The first-order valence-corrected chi connectivity index (χ1v) is 15.2.